The Hall–Kier alpha value is -5.70. The van der Waals surface area contributed by atoms with E-state index >= 15 is 8.42 Å². The third-order valence-electron chi connectivity index (χ3n) is 16.7. The monoisotopic (exact) mass is 1160 g/mol. The SMILES string of the molecule is CCCCOc1ccc(S(=O)(=O)c2cnc3ccc(SC)cc3c2N2CCC(N3CCC(O[n+]4cc(S(=O)(=O)c5ccc(OCCCC)cc5)c(N5CCC(N6CCC(O)CC6)CC5)c5cc(C(=O)OCC)ccc54)CC3)CC2)cc1. The van der Waals surface area contributed by atoms with Crippen molar-refractivity contribution < 1.29 is 50.5 Å². The summed E-state index contributed by atoms with van der Waals surface area (Å²) < 4.78 is 78.8. The number of hydrogen-bond donors (Lipinski definition) is 1. The summed E-state index contributed by atoms with van der Waals surface area (Å²) in [5.74, 6) is 0.743. The number of benzene rings is 4. The lowest BCUT2D eigenvalue weighted by Gasteiger charge is -2.42. The van der Waals surface area contributed by atoms with Gasteiger partial charge in [-0.15, -0.1) is 11.8 Å². The van der Waals surface area contributed by atoms with Gasteiger partial charge in [-0.25, -0.2) is 21.6 Å². The van der Waals surface area contributed by atoms with Gasteiger partial charge in [0.15, 0.2) is 11.0 Å². The number of aliphatic hydroxyl groups is 1. The number of nitrogens with zero attached hydrogens (tertiary/aromatic N) is 6. The molecule has 2 aromatic heterocycles. The Morgan fingerprint density at radius 1 is 0.642 bits per heavy atom. The van der Waals surface area contributed by atoms with Crippen molar-refractivity contribution in [3.05, 3.63) is 103 Å². The Morgan fingerprint density at radius 3 is 1.70 bits per heavy atom. The molecular weight excluding hydrogens is 1080 g/mol. The van der Waals surface area contributed by atoms with Crippen molar-refractivity contribution in [2.75, 3.05) is 88.2 Å². The molecule has 1 N–H and O–H groups in total. The fourth-order valence-corrected chi connectivity index (χ4v) is 15.4. The van der Waals surface area contributed by atoms with Gasteiger partial charge in [0.25, 0.3) is 5.52 Å². The number of unbranched alkanes of at least 4 members (excludes halogenated alkanes) is 2. The van der Waals surface area contributed by atoms with Crippen LogP contribution in [0.2, 0.25) is 0 Å². The van der Waals surface area contributed by atoms with Crippen molar-refractivity contribution in [3.8, 4) is 11.5 Å². The molecule has 19 heteroatoms. The van der Waals surface area contributed by atoms with E-state index in [-0.39, 0.29) is 44.4 Å². The fourth-order valence-electron chi connectivity index (χ4n) is 12.0. The second-order valence-electron chi connectivity index (χ2n) is 21.9. The number of aliphatic hydroxyl groups excluding tert-OH is 1. The Morgan fingerprint density at radius 2 is 1.17 bits per heavy atom. The summed E-state index contributed by atoms with van der Waals surface area (Å²) in [6.45, 7) is 13.0. The molecule has 0 amide bonds. The lowest BCUT2D eigenvalue weighted by Crippen LogP contribution is -2.54. The molecule has 0 unspecified atom stereocenters. The molecule has 0 radical (unpaired) electrons. The molecular formula is C62H79N6O10S3+. The molecule has 6 heterocycles. The number of fused-ring (bicyclic) bond motifs is 2. The van der Waals surface area contributed by atoms with Gasteiger partial charge in [-0.2, -0.15) is 0 Å². The van der Waals surface area contributed by atoms with Crippen molar-refractivity contribution >= 4 is 70.6 Å². The highest BCUT2D eigenvalue weighted by molar-refractivity contribution is 7.98. The Balaban J connectivity index is 0.902. The molecule has 0 atom stereocenters. The second kappa shape index (κ2) is 26.3. The van der Waals surface area contributed by atoms with Gasteiger partial charge in [0.05, 0.1) is 63.6 Å². The van der Waals surface area contributed by atoms with Crippen molar-refractivity contribution in [3.63, 3.8) is 0 Å². The predicted molar refractivity (Wildman–Crippen MR) is 317 cm³/mol. The summed E-state index contributed by atoms with van der Waals surface area (Å²) in [7, 11) is -8.17. The maximum Gasteiger partial charge on any atom is 0.338 e. The molecule has 6 aromatic rings. The van der Waals surface area contributed by atoms with E-state index in [1.165, 1.54) is 6.20 Å². The molecule has 4 saturated heterocycles. The number of anilines is 2. The minimum atomic E-state index is -4.20. The van der Waals surface area contributed by atoms with Gasteiger partial charge in [0.1, 0.15) is 16.4 Å². The van der Waals surface area contributed by atoms with Crippen LogP contribution in [0, 0.1) is 0 Å². The van der Waals surface area contributed by atoms with E-state index in [1.54, 1.807) is 90.3 Å². The maximum atomic E-state index is 15.3. The van der Waals surface area contributed by atoms with Crippen LogP contribution in [-0.4, -0.2) is 145 Å². The molecule has 10 rings (SSSR count). The summed E-state index contributed by atoms with van der Waals surface area (Å²) in [4.78, 5) is 36.1. The highest BCUT2D eigenvalue weighted by Gasteiger charge is 2.39. The number of ether oxygens (including phenoxy) is 3. The fraction of sp³-hybridized carbons (Fsp3) is 0.500. The van der Waals surface area contributed by atoms with Gasteiger partial charge in [-0.3, -0.25) is 14.7 Å². The van der Waals surface area contributed by atoms with Gasteiger partial charge in [0.2, 0.25) is 25.9 Å². The molecule has 0 spiro atoms. The van der Waals surface area contributed by atoms with Crippen molar-refractivity contribution in [2.24, 2.45) is 0 Å². The summed E-state index contributed by atoms with van der Waals surface area (Å²) in [5, 5.41) is 11.7. The number of hydrogen-bond acceptors (Lipinski definition) is 16. The number of thioether (sulfide) groups is 1. The van der Waals surface area contributed by atoms with Crippen LogP contribution in [0.15, 0.2) is 122 Å². The molecule has 16 nitrogen and oxygen atoms in total. The topological polar surface area (TPSA) is 172 Å². The first-order valence-electron chi connectivity index (χ1n) is 29.2. The predicted octanol–water partition coefficient (Wildman–Crippen LogP) is 9.59. The lowest BCUT2D eigenvalue weighted by molar-refractivity contribution is -0.881. The van der Waals surface area contributed by atoms with E-state index < -0.39 is 25.6 Å². The van der Waals surface area contributed by atoms with Crippen LogP contribution in [0.3, 0.4) is 0 Å². The maximum absolute atomic E-state index is 15.3. The zero-order valence-corrected chi connectivity index (χ0v) is 49.8. The quantitative estimate of drug-likeness (QED) is 0.0312. The summed E-state index contributed by atoms with van der Waals surface area (Å²) in [6.07, 6.45) is 14.6. The molecule has 4 aromatic carbocycles. The first-order valence-corrected chi connectivity index (χ1v) is 33.4. The molecule has 0 aliphatic carbocycles. The standard InChI is InChI=1S/C62H79N6O10S3/c1-5-8-38-76-48-11-16-52(17-12-48)80(71,72)58-42-63-56-20-15-51(79-4)41-54(56)60(58)66-30-22-46(23-31-66)65-36-28-50(29-37-65)78-68-43-59(81(73,74)53-18-13-49(14-19-53)77-39-9-6-2)61(55-40-44(10-21-57(55)68)62(70)75-7-3)67-32-24-45(25-33-67)64-34-26-47(69)27-35-64/h10-21,40-43,45-47,50,69H,5-9,22-39H2,1-4H3/q+1. The average Bonchev–Trinajstić information content (AvgIpc) is 3.51. The second-order valence-corrected chi connectivity index (χ2v) is 26.6. The number of likely N-dealkylation sites (tertiary alicyclic amines) is 2. The summed E-state index contributed by atoms with van der Waals surface area (Å²) in [5.41, 5.74) is 2.92. The highest BCUT2D eigenvalue weighted by Crippen LogP contribution is 2.41. The number of esters is 1. The van der Waals surface area contributed by atoms with Crippen molar-refractivity contribution in [1.82, 2.24) is 14.8 Å². The highest BCUT2D eigenvalue weighted by atomic mass is 32.2. The number of aromatic nitrogens is 2. The summed E-state index contributed by atoms with van der Waals surface area (Å²) in [6, 6.07) is 25.3. The van der Waals surface area contributed by atoms with Crippen LogP contribution in [0.4, 0.5) is 11.4 Å². The van der Waals surface area contributed by atoms with Crippen LogP contribution in [0.5, 0.6) is 11.5 Å². The number of sulfone groups is 2. The molecule has 0 bridgehead atoms. The minimum absolute atomic E-state index is 0.0901. The van der Waals surface area contributed by atoms with E-state index in [9.17, 15) is 18.3 Å². The van der Waals surface area contributed by atoms with E-state index in [0.717, 1.165) is 106 Å². The number of piperidine rings is 4. The zero-order chi connectivity index (χ0) is 56.7. The van der Waals surface area contributed by atoms with E-state index in [2.05, 4.69) is 39.5 Å². The van der Waals surface area contributed by atoms with Crippen molar-refractivity contribution in [1.29, 1.82) is 0 Å². The molecule has 4 aliphatic rings. The van der Waals surface area contributed by atoms with E-state index in [4.69, 9.17) is 24.0 Å². The van der Waals surface area contributed by atoms with Gasteiger partial charge in [-0.1, -0.05) is 26.7 Å². The first kappa shape index (κ1) is 58.5. The largest absolute Gasteiger partial charge is 0.494 e. The Bertz CT molecular complexity index is 3350. The number of carbonyl (C=O) groups excluding carboxylic acids is 1. The molecule has 0 saturated carbocycles. The Kier molecular flexibility index (Phi) is 19.0. The van der Waals surface area contributed by atoms with Gasteiger partial charge in [0, 0.05) is 105 Å². The number of rotatable bonds is 21. The van der Waals surface area contributed by atoms with Crippen LogP contribution in [-0.2, 0) is 24.4 Å². The minimum Gasteiger partial charge on any atom is -0.494 e. The average molecular weight is 1160 g/mol. The number of pyridine rings is 2. The van der Waals surface area contributed by atoms with Crippen LogP contribution >= 0.6 is 11.8 Å². The summed E-state index contributed by atoms with van der Waals surface area (Å²) >= 11 is 1.61. The molecule has 4 fully saturated rings. The zero-order valence-electron chi connectivity index (χ0n) is 47.3. The van der Waals surface area contributed by atoms with Crippen molar-refractivity contribution in [2.45, 2.75) is 147 Å². The number of carbonyl (C=O) groups is 1. The molecule has 434 valence electrons. The molecule has 81 heavy (non-hydrogen) atoms. The third kappa shape index (κ3) is 13.1. The van der Waals surface area contributed by atoms with Crippen LogP contribution in [0.1, 0.15) is 108 Å². The Labute approximate surface area is 482 Å². The third-order valence-corrected chi connectivity index (χ3v) is 21.0. The van der Waals surface area contributed by atoms with Gasteiger partial charge < -0.3 is 34.0 Å². The van der Waals surface area contributed by atoms with Gasteiger partial charge in [-0.05, 0) is 143 Å². The van der Waals surface area contributed by atoms with E-state index in [0.29, 0.717) is 97.6 Å². The van der Waals surface area contributed by atoms with Crippen LogP contribution < -0.4 is 28.8 Å². The molecule has 4 aliphatic heterocycles. The van der Waals surface area contributed by atoms with Crippen LogP contribution in [0.25, 0.3) is 21.8 Å². The normalized spacial score (nSPS) is 17.9. The van der Waals surface area contributed by atoms with Gasteiger partial charge >= 0.3 is 5.97 Å². The smallest absolute Gasteiger partial charge is 0.338 e. The van der Waals surface area contributed by atoms with E-state index in [1.807, 2.05) is 24.5 Å². The first-order chi connectivity index (χ1) is 39.3. The lowest BCUT2D eigenvalue weighted by atomic mass is 9.98.